The Labute approximate surface area is 125 Å². The normalized spacial score (nSPS) is 17.0. The molecule has 1 aromatic rings. The lowest BCUT2D eigenvalue weighted by molar-refractivity contribution is -0.128. The van der Waals surface area contributed by atoms with Gasteiger partial charge in [-0.15, -0.1) is 0 Å². The van der Waals surface area contributed by atoms with Crippen LogP contribution >= 0.6 is 0 Å². The van der Waals surface area contributed by atoms with Gasteiger partial charge in [-0.25, -0.2) is 4.79 Å². The Bertz CT molecular complexity index is 492. The maximum absolute atomic E-state index is 12.3. The molecule has 0 aliphatic carbocycles. The number of rotatable bonds is 2. The maximum atomic E-state index is 12.3. The molecule has 0 bridgehead atoms. The first-order valence-corrected chi connectivity index (χ1v) is 7.30. The summed E-state index contributed by atoms with van der Waals surface area (Å²) in [6.07, 6.45) is 2.53. The van der Waals surface area contributed by atoms with Crippen molar-refractivity contribution in [3.8, 4) is 0 Å². The van der Waals surface area contributed by atoms with E-state index in [9.17, 15) is 9.59 Å². The van der Waals surface area contributed by atoms with Crippen molar-refractivity contribution in [1.82, 2.24) is 20.1 Å². The number of carbonyl (C=O) groups is 2. The second-order valence-corrected chi connectivity index (χ2v) is 5.27. The molecule has 1 aliphatic rings. The van der Waals surface area contributed by atoms with Crippen LogP contribution in [-0.4, -0.2) is 52.9 Å². The van der Waals surface area contributed by atoms with E-state index in [1.54, 1.807) is 22.9 Å². The van der Waals surface area contributed by atoms with E-state index in [0.29, 0.717) is 19.6 Å². The van der Waals surface area contributed by atoms with Crippen molar-refractivity contribution in [2.24, 2.45) is 0 Å². The predicted octanol–water partition coefficient (Wildman–Crippen LogP) is 1.41. The van der Waals surface area contributed by atoms with Crippen LogP contribution in [0.1, 0.15) is 32.0 Å². The van der Waals surface area contributed by atoms with E-state index in [1.807, 2.05) is 25.1 Å². The van der Waals surface area contributed by atoms with Gasteiger partial charge in [0.25, 0.3) is 0 Å². The average Bonchev–Trinajstić information content (AvgIpc) is 2.74. The summed E-state index contributed by atoms with van der Waals surface area (Å²) in [4.78, 5) is 31.5. The Morgan fingerprint density at radius 1 is 1.19 bits per heavy atom. The molecule has 1 fully saturated rings. The third kappa shape index (κ3) is 4.18. The largest absolute Gasteiger partial charge is 0.341 e. The molecule has 21 heavy (non-hydrogen) atoms. The Morgan fingerprint density at radius 3 is 2.57 bits per heavy atom. The van der Waals surface area contributed by atoms with E-state index in [1.165, 1.54) is 0 Å². The van der Waals surface area contributed by atoms with Gasteiger partial charge in [0.2, 0.25) is 5.91 Å². The second-order valence-electron chi connectivity index (χ2n) is 5.27. The van der Waals surface area contributed by atoms with Crippen LogP contribution in [0.4, 0.5) is 4.79 Å². The Kier molecular flexibility index (Phi) is 5.14. The summed E-state index contributed by atoms with van der Waals surface area (Å²) in [5, 5.41) is 2.96. The molecular formula is C15H22N4O2. The number of hydrogen-bond donors (Lipinski definition) is 1. The maximum Gasteiger partial charge on any atom is 0.317 e. The lowest BCUT2D eigenvalue weighted by Gasteiger charge is -2.24. The summed E-state index contributed by atoms with van der Waals surface area (Å²) in [5.41, 5.74) is 0.839. The van der Waals surface area contributed by atoms with Crippen molar-refractivity contribution in [2.45, 2.75) is 26.3 Å². The molecular weight excluding hydrogens is 268 g/mol. The summed E-state index contributed by atoms with van der Waals surface area (Å²) in [6, 6.07) is 5.42. The lowest BCUT2D eigenvalue weighted by Crippen LogP contribution is -2.43. The van der Waals surface area contributed by atoms with Crippen LogP contribution < -0.4 is 5.32 Å². The van der Waals surface area contributed by atoms with Gasteiger partial charge in [0.05, 0.1) is 11.7 Å². The van der Waals surface area contributed by atoms with Gasteiger partial charge in [0.15, 0.2) is 0 Å². The van der Waals surface area contributed by atoms with E-state index in [4.69, 9.17) is 0 Å². The zero-order valence-corrected chi connectivity index (χ0v) is 12.6. The molecule has 3 amide bonds. The molecule has 6 nitrogen and oxygen atoms in total. The number of aromatic nitrogens is 1. The predicted molar refractivity (Wildman–Crippen MR) is 79.6 cm³/mol. The van der Waals surface area contributed by atoms with Crippen LogP contribution in [0.15, 0.2) is 24.4 Å². The summed E-state index contributed by atoms with van der Waals surface area (Å²) < 4.78 is 0. The van der Waals surface area contributed by atoms with E-state index in [2.05, 4.69) is 10.3 Å². The van der Waals surface area contributed by atoms with Gasteiger partial charge in [-0.2, -0.15) is 0 Å². The summed E-state index contributed by atoms with van der Waals surface area (Å²) in [5.74, 6) is 0.0686. The van der Waals surface area contributed by atoms with Crippen molar-refractivity contribution in [3.63, 3.8) is 0 Å². The summed E-state index contributed by atoms with van der Waals surface area (Å²) >= 11 is 0. The highest BCUT2D eigenvalue weighted by Gasteiger charge is 2.21. The first-order chi connectivity index (χ1) is 10.1. The smallest absolute Gasteiger partial charge is 0.317 e. The SMILES string of the molecule is CC(=O)N1CCCN(C(=O)N[C@@H](C)c2ccccn2)CC1. The number of nitrogens with zero attached hydrogens (tertiary/aromatic N) is 3. The first kappa shape index (κ1) is 15.3. The molecule has 2 rings (SSSR count). The standard InChI is InChI=1S/C15H22N4O2/c1-12(14-6-3-4-7-16-14)17-15(21)19-9-5-8-18(10-11-19)13(2)20/h3-4,6-7,12H,5,8-11H2,1-2H3,(H,17,21)/t12-/m0/s1. The molecule has 0 radical (unpaired) electrons. The van der Waals surface area contributed by atoms with Gasteiger partial charge in [0.1, 0.15) is 0 Å². The fourth-order valence-electron chi connectivity index (χ4n) is 2.42. The van der Waals surface area contributed by atoms with Gasteiger partial charge in [-0.1, -0.05) is 6.07 Å². The van der Waals surface area contributed by atoms with E-state index in [-0.39, 0.29) is 18.0 Å². The molecule has 1 saturated heterocycles. The summed E-state index contributed by atoms with van der Waals surface area (Å²) in [7, 11) is 0. The minimum atomic E-state index is -0.133. The highest BCUT2D eigenvalue weighted by atomic mass is 16.2. The molecule has 6 heteroatoms. The first-order valence-electron chi connectivity index (χ1n) is 7.30. The Morgan fingerprint density at radius 2 is 1.90 bits per heavy atom. The Hall–Kier alpha value is -2.11. The topological polar surface area (TPSA) is 65.5 Å². The number of urea groups is 1. The molecule has 2 heterocycles. The fraction of sp³-hybridized carbons (Fsp3) is 0.533. The fourth-order valence-corrected chi connectivity index (χ4v) is 2.42. The van der Waals surface area contributed by atoms with Crippen molar-refractivity contribution in [3.05, 3.63) is 30.1 Å². The van der Waals surface area contributed by atoms with Crippen LogP contribution in [0, 0.1) is 0 Å². The van der Waals surface area contributed by atoms with Crippen molar-refractivity contribution >= 4 is 11.9 Å². The zero-order chi connectivity index (χ0) is 15.2. The minimum absolute atomic E-state index is 0.0686. The third-order valence-electron chi connectivity index (χ3n) is 3.70. The van der Waals surface area contributed by atoms with Gasteiger partial charge in [-0.3, -0.25) is 9.78 Å². The van der Waals surface area contributed by atoms with Gasteiger partial charge < -0.3 is 15.1 Å². The number of hydrogen-bond acceptors (Lipinski definition) is 3. The van der Waals surface area contributed by atoms with Gasteiger partial charge >= 0.3 is 6.03 Å². The van der Waals surface area contributed by atoms with Crippen LogP contribution in [0.3, 0.4) is 0 Å². The second kappa shape index (κ2) is 7.06. The van der Waals surface area contributed by atoms with Gasteiger partial charge in [0, 0.05) is 39.3 Å². The number of nitrogens with one attached hydrogen (secondary N) is 1. The molecule has 0 aromatic carbocycles. The highest BCUT2D eigenvalue weighted by molar-refractivity contribution is 5.75. The molecule has 1 aromatic heterocycles. The van der Waals surface area contributed by atoms with Crippen molar-refractivity contribution in [1.29, 1.82) is 0 Å². The average molecular weight is 290 g/mol. The van der Waals surface area contributed by atoms with Crippen LogP contribution in [0.2, 0.25) is 0 Å². The monoisotopic (exact) mass is 290 g/mol. The van der Waals surface area contributed by atoms with Crippen LogP contribution in [-0.2, 0) is 4.79 Å². The zero-order valence-electron chi connectivity index (χ0n) is 12.6. The quantitative estimate of drug-likeness (QED) is 0.895. The molecule has 1 atom stereocenters. The van der Waals surface area contributed by atoms with E-state index in [0.717, 1.165) is 18.7 Å². The molecule has 1 aliphatic heterocycles. The molecule has 1 N–H and O–H groups in total. The molecule has 0 spiro atoms. The molecule has 114 valence electrons. The van der Waals surface area contributed by atoms with E-state index < -0.39 is 0 Å². The highest BCUT2D eigenvalue weighted by Crippen LogP contribution is 2.10. The van der Waals surface area contributed by atoms with E-state index >= 15 is 0 Å². The van der Waals surface area contributed by atoms with Crippen molar-refractivity contribution in [2.75, 3.05) is 26.2 Å². The summed E-state index contributed by atoms with van der Waals surface area (Å²) in [6.45, 7) is 6.04. The van der Waals surface area contributed by atoms with Crippen LogP contribution in [0.25, 0.3) is 0 Å². The molecule has 0 unspecified atom stereocenters. The number of carbonyl (C=O) groups excluding carboxylic acids is 2. The van der Waals surface area contributed by atoms with Crippen LogP contribution in [0.5, 0.6) is 0 Å². The lowest BCUT2D eigenvalue weighted by atomic mass is 10.2. The Balaban J connectivity index is 1.90. The van der Waals surface area contributed by atoms with Crippen molar-refractivity contribution < 1.29 is 9.59 Å². The third-order valence-corrected chi connectivity index (χ3v) is 3.70. The number of pyridine rings is 1. The minimum Gasteiger partial charge on any atom is -0.341 e. The molecule has 0 saturated carbocycles. The van der Waals surface area contributed by atoms with Gasteiger partial charge in [-0.05, 0) is 25.5 Å². The number of amides is 3.